The Morgan fingerprint density at radius 2 is 1.55 bits per heavy atom. The zero-order valence-electron chi connectivity index (χ0n) is 18.1. The Bertz CT molecular complexity index is 1270. The monoisotopic (exact) mass is 416 g/mol. The van der Waals surface area contributed by atoms with Gasteiger partial charge in [0.1, 0.15) is 11.2 Å². The molecule has 0 spiro atoms. The number of aryl methyl sites for hydroxylation is 1. The molecule has 0 N–H and O–H groups in total. The van der Waals surface area contributed by atoms with Crippen LogP contribution in [0.15, 0.2) is 36.4 Å². The van der Waals surface area contributed by atoms with Crippen LogP contribution in [0.4, 0.5) is 0 Å². The number of hydrogen-bond donors (Lipinski definition) is 0. The molecule has 6 heteroatoms. The first-order valence-electron chi connectivity index (χ1n) is 10.7. The molecule has 6 nitrogen and oxygen atoms in total. The summed E-state index contributed by atoms with van der Waals surface area (Å²) in [6, 6.07) is 11.3. The molecule has 2 heterocycles. The molecule has 1 fully saturated rings. The van der Waals surface area contributed by atoms with Crippen molar-refractivity contribution in [3.8, 4) is 17.2 Å². The van der Waals surface area contributed by atoms with E-state index < -0.39 is 10.8 Å². The van der Waals surface area contributed by atoms with Crippen LogP contribution in [0.5, 0.6) is 17.2 Å². The van der Waals surface area contributed by atoms with Gasteiger partial charge in [0.2, 0.25) is 6.79 Å². The SMILES string of the molecule is Cc1ccc(OC(=O)C23CCC(C)(c4nc5cc6c(cc5nc42)OCO6)C3(C)C)cc1. The minimum Gasteiger partial charge on any atom is -0.454 e. The molecule has 2 atom stereocenters. The van der Waals surface area contributed by atoms with E-state index in [1.54, 1.807) is 0 Å². The molecule has 2 aliphatic carbocycles. The Morgan fingerprint density at radius 3 is 2.19 bits per heavy atom. The molecule has 3 aliphatic rings. The van der Waals surface area contributed by atoms with Gasteiger partial charge in [0.25, 0.3) is 0 Å². The first-order chi connectivity index (χ1) is 14.8. The van der Waals surface area contributed by atoms with E-state index in [0.717, 1.165) is 28.9 Å². The van der Waals surface area contributed by atoms with Crippen LogP contribution in [-0.4, -0.2) is 22.7 Å². The van der Waals surface area contributed by atoms with Gasteiger partial charge < -0.3 is 14.2 Å². The Hall–Kier alpha value is -3.15. The predicted octanol–water partition coefficient (Wildman–Crippen LogP) is 4.60. The van der Waals surface area contributed by atoms with Crippen LogP contribution < -0.4 is 14.2 Å². The summed E-state index contributed by atoms with van der Waals surface area (Å²) in [6.45, 7) is 8.71. The van der Waals surface area contributed by atoms with Gasteiger partial charge in [-0.25, -0.2) is 9.97 Å². The Balaban J connectivity index is 1.53. The van der Waals surface area contributed by atoms with Crippen molar-refractivity contribution in [2.45, 2.75) is 51.4 Å². The summed E-state index contributed by atoms with van der Waals surface area (Å²) in [7, 11) is 0. The molecule has 2 aromatic carbocycles. The van der Waals surface area contributed by atoms with Gasteiger partial charge in [0.05, 0.1) is 22.4 Å². The van der Waals surface area contributed by atoms with Crippen molar-refractivity contribution in [2.24, 2.45) is 5.41 Å². The van der Waals surface area contributed by atoms with Gasteiger partial charge >= 0.3 is 5.97 Å². The molecule has 2 bridgehead atoms. The van der Waals surface area contributed by atoms with E-state index in [-0.39, 0.29) is 18.2 Å². The third kappa shape index (κ3) is 2.15. The fourth-order valence-corrected chi connectivity index (χ4v) is 5.75. The summed E-state index contributed by atoms with van der Waals surface area (Å²) in [4.78, 5) is 23.8. The van der Waals surface area contributed by atoms with Crippen LogP contribution in [0.3, 0.4) is 0 Å². The largest absolute Gasteiger partial charge is 0.454 e. The van der Waals surface area contributed by atoms with Crippen molar-refractivity contribution in [2.75, 3.05) is 6.79 Å². The molecule has 0 radical (unpaired) electrons. The van der Waals surface area contributed by atoms with Gasteiger partial charge in [-0.05, 0) is 37.3 Å². The van der Waals surface area contributed by atoms with E-state index in [1.165, 1.54) is 0 Å². The van der Waals surface area contributed by atoms with Crippen LogP contribution in [-0.2, 0) is 15.6 Å². The average Bonchev–Trinajstić information content (AvgIpc) is 3.31. The summed E-state index contributed by atoms with van der Waals surface area (Å²) in [5.41, 5.74) is 2.72. The van der Waals surface area contributed by atoms with Crippen LogP contribution in [0.25, 0.3) is 11.0 Å². The lowest BCUT2D eigenvalue weighted by Gasteiger charge is -2.38. The predicted molar refractivity (Wildman–Crippen MR) is 115 cm³/mol. The van der Waals surface area contributed by atoms with Crippen molar-refractivity contribution in [1.29, 1.82) is 0 Å². The number of hydrogen-bond acceptors (Lipinski definition) is 6. The molecule has 0 saturated heterocycles. The van der Waals surface area contributed by atoms with Crippen molar-refractivity contribution in [3.05, 3.63) is 53.3 Å². The van der Waals surface area contributed by atoms with E-state index >= 15 is 0 Å². The van der Waals surface area contributed by atoms with Crippen LogP contribution in [0.2, 0.25) is 0 Å². The molecule has 31 heavy (non-hydrogen) atoms. The molecule has 6 rings (SSSR count). The quantitative estimate of drug-likeness (QED) is 0.449. The lowest BCUT2D eigenvalue weighted by atomic mass is 9.64. The molecule has 158 valence electrons. The second-order valence-electron chi connectivity index (χ2n) is 9.68. The first kappa shape index (κ1) is 18.6. The van der Waals surface area contributed by atoms with Crippen molar-refractivity contribution < 1.29 is 19.0 Å². The molecular formula is C25H24N2O4. The van der Waals surface area contributed by atoms with Crippen LogP contribution in [0, 0.1) is 12.3 Å². The van der Waals surface area contributed by atoms with Crippen LogP contribution in [0.1, 0.15) is 50.6 Å². The second-order valence-corrected chi connectivity index (χ2v) is 9.68. The van der Waals surface area contributed by atoms with Crippen LogP contribution >= 0.6 is 0 Å². The highest BCUT2D eigenvalue weighted by atomic mass is 16.7. The first-order valence-corrected chi connectivity index (χ1v) is 10.7. The molecular weight excluding hydrogens is 392 g/mol. The number of rotatable bonds is 2. The molecule has 3 aromatic rings. The molecule has 1 aliphatic heterocycles. The minimum atomic E-state index is -0.848. The van der Waals surface area contributed by atoms with E-state index in [4.69, 9.17) is 24.2 Å². The number of benzene rings is 2. The fraction of sp³-hybridized carbons (Fsp3) is 0.400. The molecule has 0 amide bonds. The number of nitrogens with zero attached hydrogens (tertiary/aromatic N) is 2. The highest BCUT2D eigenvalue weighted by Gasteiger charge is 2.74. The molecule has 2 unspecified atom stereocenters. The maximum absolute atomic E-state index is 13.8. The normalized spacial score (nSPS) is 26.8. The smallest absolute Gasteiger partial charge is 0.324 e. The highest BCUT2D eigenvalue weighted by molar-refractivity contribution is 5.91. The summed E-state index contributed by atoms with van der Waals surface area (Å²) in [6.07, 6.45) is 1.56. The number of ether oxygens (including phenoxy) is 3. The van der Waals surface area contributed by atoms with E-state index in [1.807, 2.05) is 43.3 Å². The zero-order valence-corrected chi connectivity index (χ0v) is 18.1. The average molecular weight is 416 g/mol. The van der Waals surface area contributed by atoms with Crippen molar-refractivity contribution in [1.82, 2.24) is 9.97 Å². The lowest BCUT2D eigenvalue weighted by molar-refractivity contribution is -0.145. The summed E-state index contributed by atoms with van der Waals surface area (Å²) >= 11 is 0. The van der Waals surface area contributed by atoms with E-state index in [9.17, 15) is 4.79 Å². The number of carbonyl (C=O) groups excluding carboxylic acids is 1. The van der Waals surface area contributed by atoms with Gasteiger partial charge in [0, 0.05) is 17.5 Å². The third-order valence-corrected chi connectivity index (χ3v) is 8.11. The second kappa shape index (κ2) is 5.75. The van der Waals surface area contributed by atoms with Gasteiger partial charge in [-0.3, -0.25) is 4.79 Å². The maximum atomic E-state index is 13.8. The number of aromatic nitrogens is 2. The van der Waals surface area contributed by atoms with Gasteiger partial charge in [-0.1, -0.05) is 38.5 Å². The number of carbonyl (C=O) groups is 1. The molecule has 1 saturated carbocycles. The summed E-state index contributed by atoms with van der Waals surface area (Å²) < 4.78 is 17.0. The third-order valence-electron chi connectivity index (χ3n) is 8.11. The minimum absolute atomic E-state index is 0.197. The lowest BCUT2D eigenvalue weighted by Crippen LogP contribution is -2.48. The van der Waals surface area contributed by atoms with E-state index in [2.05, 4.69) is 20.8 Å². The fourth-order valence-electron chi connectivity index (χ4n) is 5.75. The van der Waals surface area contributed by atoms with Crippen molar-refractivity contribution >= 4 is 17.0 Å². The van der Waals surface area contributed by atoms with Gasteiger partial charge in [-0.15, -0.1) is 0 Å². The summed E-state index contributed by atoms with van der Waals surface area (Å²) in [5, 5.41) is 0. The van der Waals surface area contributed by atoms with Gasteiger partial charge in [0.15, 0.2) is 11.5 Å². The standard InChI is InChI=1S/C25H24N2O4/c1-14-5-7-15(8-6-14)31-22(28)25-10-9-24(4,23(25,2)3)20-21(25)27-17-12-19-18(29-13-30-19)11-16(17)26-20/h5-8,11-12H,9-10,13H2,1-4H3. The number of esters is 1. The Kier molecular flexibility index (Phi) is 3.45. The van der Waals surface area contributed by atoms with Gasteiger partial charge in [-0.2, -0.15) is 0 Å². The Morgan fingerprint density at radius 1 is 0.935 bits per heavy atom. The Labute approximate surface area is 180 Å². The maximum Gasteiger partial charge on any atom is 0.324 e. The highest BCUT2D eigenvalue weighted by Crippen LogP contribution is 2.70. The number of fused-ring (bicyclic) bond motifs is 7. The zero-order chi connectivity index (χ0) is 21.6. The molecule has 1 aromatic heterocycles. The van der Waals surface area contributed by atoms with Crippen molar-refractivity contribution in [3.63, 3.8) is 0 Å². The summed E-state index contributed by atoms with van der Waals surface area (Å²) in [5.74, 6) is 1.65. The topological polar surface area (TPSA) is 70.5 Å². The van der Waals surface area contributed by atoms with E-state index in [0.29, 0.717) is 29.2 Å².